The molecule has 4 aliphatic heterocycles. The Kier molecular flexibility index (Phi) is 12.1. The molecule has 0 bridgehead atoms. The number of fused-ring (bicyclic) bond motifs is 2. The van der Waals surface area contributed by atoms with Crippen molar-refractivity contribution in [2.24, 2.45) is 0 Å². The van der Waals surface area contributed by atoms with E-state index < -0.39 is 41.3 Å². The first-order chi connectivity index (χ1) is 30.6. The van der Waals surface area contributed by atoms with Crippen molar-refractivity contribution < 1.29 is 37.5 Å². The van der Waals surface area contributed by atoms with Crippen LogP contribution in [0.25, 0.3) is 33.4 Å². The van der Waals surface area contributed by atoms with E-state index in [1.165, 1.54) is 12.1 Å². The minimum absolute atomic E-state index is 0.0381. The average Bonchev–Trinajstić information content (AvgIpc) is 3.88. The molecule has 2 N–H and O–H groups in total. The van der Waals surface area contributed by atoms with Crippen molar-refractivity contribution >= 4 is 40.6 Å². The average molecular weight is 860 g/mol. The second-order valence-corrected chi connectivity index (χ2v) is 16.5. The molecule has 326 valence electrons. The third-order valence-electron chi connectivity index (χ3n) is 12.4. The minimum Gasteiger partial charge on any atom is -0.379 e. The van der Waals surface area contributed by atoms with Gasteiger partial charge < -0.3 is 15.0 Å². The van der Waals surface area contributed by atoms with Gasteiger partial charge in [-0.05, 0) is 80.1 Å². The fraction of sp³-hybridized carbons (Fsp3) is 0.391. The first-order valence-electron chi connectivity index (χ1n) is 21.5. The number of halogens is 2. The lowest BCUT2D eigenvalue weighted by molar-refractivity contribution is -0.136. The smallest absolute Gasteiger partial charge is 0.262 e. The maximum Gasteiger partial charge on any atom is 0.262 e. The highest BCUT2D eigenvalue weighted by Gasteiger charge is 2.44. The number of piperidine rings is 2. The van der Waals surface area contributed by atoms with Gasteiger partial charge >= 0.3 is 0 Å². The molecule has 0 saturated carbocycles. The van der Waals surface area contributed by atoms with E-state index in [1.54, 1.807) is 42.7 Å². The predicted molar refractivity (Wildman–Crippen MR) is 226 cm³/mol. The topological polar surface area (TPSA) is 172 Å². The Bertz CT molecular complexity index is 2580. The van der Waals surface area contributed by atoms with Gasteiger partial charge in [-0.25, -0.2) is 13.8 Å². The van der Waals surface area contributed by atoms with Crippen LogP contribution in [0.4, 0.5) is 8.78 Å². The Morgan fingerprint density at radius 3 is 2.41 bits per heavy atom. The molecule has 3 saturated heterocycles. The van der Waals surface area contributed by atoms with Gasteiger partial charge in [0.15, 0.2) is 0 Å². The van der Waals surface area contributed by atoms with Crippen LogP contribution in [0.15, 0.2) is 67.1 Å². The third-order valence-corrected chi connectivity index (χ3v) is 12.4. The summed E-state index contributed by atoms with van der Waals surface area (Å²) in [6.45, 7) is 4.87. The molecule has 0 spiro atoms. The molecule has 2 aromatic heterocycles. The maximum absolute atomic E-state index is 15.4. The Balaban J connectivity index is 0.739. The lowest BCUT2D eigenvalue weighted by Crippen LogP contribution is -2.54. The van der Waals surface area contributed by atoms with E-state index in [0.29, 0.717) is 93.2 Å². The van der Waals surface area contributed by atoms with Crippen LogP contribution in [-0.2, 0) is 32.2 Å². The Morgan fingerprint density at radius 1 is 0.857 bits per heavy atom. The summed E-state index contributed by atoms with van der Waals surface area (Å²) in [6, 6.07) is 12.3. The number of ether oxygens (including phenoxy) is 1. The number of aromatic nitrogens is 4. The zero-order valence-electron chi connectivity index (χ0n) is 34.7. The van der Waals surface area contributed by atoms with E-state index in [4.69, 9.17) is 9.72 Å². The Labute approximate surface area is 361 Å². The summed E-state index contributed by atoms with van der Waals surface area (Å²) < 4.78 is 38.1. The van der Waals surface area contributed by atoms with Gasteiger partial charge in [0.1, 0.15) is 17.7 Å². The molecule has 63 heavy (non-hydrogen) atoms. The highest BCUT2D eigenvalue weighted by molar-refractivity contribution is 6.23. The summed E-state index contributed by atoms with van der Waals surface area (Å²) in [5.74, 6) is -3.21. The molecule has 0 radical (unpaired) electrons. The number of morpholine rings is 1. The SMILES string of the molecule is O=C1CCC(N2C(=O)c3ccc(CNCCCCC(=O)N4CCC(n5cc(-c6cnc7cccc(-c8cc(F)c(CN9CCOCC9)c(F)c8)c7n6)cn5)CC4)cc3C2=O)C(=O)N1. The van der Waals surface area contributed by atoms with Crippen molar-refractivity contribution in [1.29, 1.82) is 0 Å². The normalized spacial score (nSPS) is 18.7. The van der Waals surface area contributed by atoms with Crippen molar-refractivity contribution in [3.05, 3.63) is 101 Å². The van der Waals surface area contributed by atoms with Gasteiger partial charge in [0.2, 0.25) is 17.7 Å². The van der Waals surface area contributed by atoms with Crippen LogP contribution in [0.5, 0.6) is 0 Å². The lowest BCUT2D eigenvalue weighted by atomic mass is 10.0. The molecular weight excluding hydrogens is 813 g/mol. The van der Waals surface area contributed by atoms with Crippen LogP contribution in [0.1, 0.15) is 82.8 Å². The molecule has 4 aliphatic rings. The van der Waals surface area contributed by atoms with Crippen LogP contribution < -0.4 is 10.6 Å². The summed E-state index contributed by atoms with van der Waals surface area (Å²) >= 11 is 0. The largest absolute Gasteiger partial charge is 0.379 e. The Morgan fingerprint density at radius 2 is 1.63 bits per heavy atom. The zero-order valence-corrected chi connectivity index (χ0v) is 34.7. The van der Waals surface area contributed by atoms with Crippen LogP contribution in [0, 0.1) is 11.6 Å². The molecule has 5 aromatic rings. The number of nitrogens with one attached hydrogen (secondary N) is 2. The molecule has 17 heteroatoms. The van der Waals surface area contributed by atoms with Crippen LogP contribution in [-0.4, -0.2) is 116 Å². The second-order valence-electron chi connectivity index (χ2n) is 16.5. The number of nitrogens with zero attached hydrogens (tertiary/aromatic N) is 7. The van der Waals surface area contributed by atoms with E-state index in [0.717, 1.165) is 35.3 Å². The molecule has 5 amide bonds. The van der Waals surface area contributed by atoms with Crippen molar-refractivity contribution in [1.82, 2.24) is 45.1 Å². The van der Waals surface area contributed by atoms with Gasteiger partial charge in [0, 0.05) is 75.0 Å². The summed E-state index contributed by atoms with van der Waals surface area (Å²) in [5, 5.41) is 10.2. The number of para-hydroxylation sites is 1. The molecule has 15 nitrogen and oxygen atoms in total. The molecule has 1 unspecified atom stereocenters. The number of carbonyl (C=O) groups is 5. The van der Waals surface area contributed by atoms with E-state index in [1.807, 2.05) is 26.7 Å². The van der Waals surface area contributed by atoms with Crippen molar-refractivity contribution in [2.45, 2.75) is 70.1 Å². The van der Waals surface area contributed by atoms with Crippen molar-refractivity contribution in [3.8, 4) is 22.4 Å². The maximum atomic E-state index is 15.4. The predicted octanol–water partition coefficient (Wildman–Crippen LogP) is 4.80. The minimum atomic E-state index is -1.00. The van der Waals surface area contributed by atoms with Gasteiger partial charge in [-0.2, -0.15) is 5.10 Å². The summed E-state index contributed by atoms with van der Waals surface area (Å²) in [4.78, 5) is 77.5. The number of amides is 5. The molecule has 3 fully saturated rings. The number of hydrogen-bond acceptors (Lipinski definition) is 11. The first kappa shape index (κ1) is 42.0. The zero-order chi connectivity index (χ0) is 43.6. The van der Waals surface area contributed by atoms with E-state index in [-0.39, 0.29) is 48.0 Å². The number of hydrogen-bond donors (Lipinski definition) is 2. The van der Waals surface area contributed by atoms with Crippen LogP contribution in [0.3, 0.4) is 0 Å². The standard InChI is InChI=1S/C46H47F2N9O6/c47-36-21-29(22-37(48)35(36)27-54-16-18-63-19-17-54)32-4-3-5-38-43(32)52-39(25-50-38)30-24-51-56(26-30)31-11-14-55(15-12-31)42(59)6-1-2-13-49-23-28-7-8-33-34(20-28)46(62)57(45(33)61)40-9-10-41(58)53-44(40)60/h3-5,7-8,20-22,24-26,31,40,49H,1-2,6,9-19,23,27H2,(H,53,58,60). The highest BCUT2D eigenvalue weighted by atomic mass is 19.1. The molecular formula is C46H47F2N9O6. The molecule has 9 rings (SSSR count). The number of unbranched alkanes of at least 4 members (excludes halogenated alkanes) is 1. The van der Waals surface area contributed by atoms with Crippen molar-refractivity contribution in [3.63, 3.8) is 0 Å². The number of imide groups is 2. The first-order valence-corrected chi connectivity index (χ1v) is 21.5. The molecule has 3 aromatic carbocycles. The molecule has 6 heterocycles. The fourth-order valence-corrected chi connectivity index (χ4v) is 8.89. The van der Waals surface area contributed by atoms with Gasteiger partial charge in [0.25, 0.3) is 11.8 Å². The van der Waals surface area contributed by atoms with E-state index >= 15 is 8.78 Å². The summed E-state index contributed by atoms with van der Waals surface area (Å²) in [5.41, 5.74) is 4.79. The fourth-order valence-electron chi connectivity index (χ4n) is 8.89. The Hall–Kier alpha value is -6.30. The monoisotopic (exact) mass is 859 g/mol. The quantitative estimate of drug-likeness (QED) is 0.123. The number of rotatable bonds is 13. The number of carbonyl (C=O) groups excluding carboxylic acids is 5. The van der Waals surface area contributed by atoms with E-state index in [9.17, 15) is 24.0 Å². The van der Waals surface area contributed by atoms with Crippen LogP contribution >= 0.6 is 0 Å². The molecule has 1 atom stereocenters. The van der Waals surface area contributed by atoms with Gasteiger partial charge in [-0.3, -0.25) is 48.8 Å². The van der Waals surface area contributed by atoms with Gasteiger partial charge in [-0.15, -0.1) is 0 Å². The second kappa shape index (κ2) is 18.2. The van der Waals surface area contributed by atoms with Crippen LogP contribution in [0.2, 0.25) is 0 Å². The number of benzene rings is 3. The highest BCUT2D eigenvalue weighted by Crippen LogP contribution is 2.33. The van der Waals surface area contributed by atoms with Gasteiger partial charge in [-0.1, -0.05) is 18.2 Å². The van der Waals surface area contributed by atoms with Crippen molar-refractivity contribution in [2.75, 3.05) is 45.9 Å². The summed E-state index contributed by atoms with van der Waals surface area (Å²) in [6.07, 6.45) is 8.95. The van der Waals surface area contributed by atoms with E-state index in [2.05, 4.69) is 20.7 Å². The number of likely N-dealkylation sites (tertiary alicyclic amines) is 1. The molecule has 0 aliphatic carbocycles. The third kappa shape index (κ3) is 8.85. The van der Waals surface area contributed by atoms with Gasteiger partial charge in [0.05, 0.1) is 59.5 Å². The summed E-state index contributed by atoms with van der Waals surface area (Å²) in [7, 11) is 0. The lowest BCUT2D eigenvalue weighted by Gasteiger charge is -2.32.